The summed E-state index contributed by atoms with van der Waals surface area (Å²) < 4.78 is 5.48. The van der Waals surface area contributed by atoms with E-state index in [0.717, 1.165) is 18.9 Å². The van der Waals surface area contributed by atoms with Crippen molar-refractivity contribution in [2.45, 2.75) is 0 Å². The SMILES string of the molecule is CN(C)CCOc1ccccc1.Cl. The molecule has 0 saturated carbocycles. The first-order valence-corrected chi connectivity index (χ1v) is 4.11. The highest BCUT2D eigenvalue weighted by Crippen LogP contribution is 2.07. The first-order chi connectivity index (χ1) is 5.79. The van der Waals surface area contributed by atoms with Crippen LogP contribution in [0, 0.1) is 0 Å². The summed E-state index contributed by atoms with van der Waals surface area (Å²) in [6.07, 6.45) is 0. The number of rotatable bonds is 4. The zero-order chi connectivity index (χ0) is 8.81. The monoisotopic (exact) mass is 201 g/mol. The number of benzene rings is 1. The molecule has 0 atom stereocenters. The zero-order valence-corrected chi connectivity index (χ0v) is 8.88. The molecule has 0 aliphatic carbocycles. The molecule has 1 aromatic carbocycles. The van der Waals surface area contributed by atoms with Crippen LogP contribution in [-0.4, -0.2) is 32.1 Å². The van der Waals surface area contributed by atoms with Gasteiger partial charge in [0.05, 0.1) is 0 Å². The summed E-state index contributed by atoms with van der Waals surface area (Å²) >= 11 is 0. The third-order valence-electron chi connectivity index (χ3n) is 1.55. The predicted molar refractivity (Wildman–Crippen MR) is 57.7 cm³/mol. The number of nitrogens with zero attached hydrogens (tertiary/aromatic N) is 1. The average molecular weight is 202 g/mol. The van der Waals surface area contributed by atoms with E-state index in [0.29, 0.717) is 0 Å². The lowest BCUT2D eigenvalue weighted by atomic mass is 10.3. The van der Waals surface area contributed by atoms with E-state index >= 15 is 0 Å². The highest BCUT2D eigenvalue weighted by Gasteiger charge is 1.91. The van der Waals surface area contributed by atoms with Crippen molar-refractivity contribution in [2.75, 3.05) is 27.2 Å². The van der Waals surface area contributed by atoms with E-state index in [-0.39, 0.29) is 12.4 Å². The molecule has 1 rings (SSSR count). The van der Waals surface area contributed by atoms with Gasteiger partial charge in [-0.15, -0.1) is 12.4 Å². The van der Waals surface area contributed by atoms with Gasteiger partial charge in [-0.1, -0.05) is 18.2 Å². The minimum atomic E-state index is 0. The van der Waals surface area contributed by atoms with E-state index in [1.54, 1.807) is 0 Å². The molecule has 0 saturated heterocycles. The molecule has 74 valence electrons. The fraction of sp³-hybridized carbons (Fsp3) is 0.400. The van der Waals surface area contributed by atoms with Crippen LogP contribution in [0.1, 0.15) is 0 Å². The fourth-order valence-electron chi connectivity index (χ4n) is 0.863. The standard InChI is InChI=1S/C10H15NO.ClH/c1-11(2)8-9-12-10-6-4-3-5-7-10;/h3-7H,8-9H2,1-2H3;1H. The van der Waals surface area contributed by atoms with Crippen molar-refractivity contribution in [1.29, 1.82) is 0 Å². The topological polar surface area (TPSA) is 12.5 Å². The molecule has 0 amide bonds. The normalized spacial score (nSPS) is 9.46. The van der Waals surface area contributed by atoms with Crippen LogP contribution in [0.15, 0.2) is 30.3 Å². The fourth-order valence-corrected chi connectivity index (χ4v) is 0.863. The molecule has 0 spiro atoms. The lowest BCUT2D eigenvalue weighted by Crippen LogP contribution is -2.19. The third kappa shape index (κ3) is 5.50. The molecule has 0 radical (unpaired) electrons. The van der Waals surface area contributed by atoms with Gasteiger partial charge >= 0.3 is 0 Å². The zero-order valence-electron chi connectivity index (χ0n) is 8.06. The summed E-state index contributed by atoms with van der Waals surface area (Å²) in [5, 5.41) is 0. The maximum Gasteiger partial charge on any atom is 0.119 e. The molecule has 0 aromatic heterocycles. The van der Waals surface area contributed by atoms with Gasteiger partial charge in [0.1, 0.15) is 12.4 Å². The molecule has 0 unspecified atom stereocenters. The number of para-hydroxylation sites is 1. The van der Waals surface area contributed by atoms with Crippen LogP contribution in [0.3, 0.4) is 0 Å². The Morgan fingerprint density at radius 1 is 1.15 bits per heavy atom. The largest absolute Gasteiger partial charge is 0.492 e. The van der Waals surface area contributed by atoms with Crippen LogP contribution >= 0.6 is 12.4 Å². The predicted octanol–water partition coefficient (Wildman–Crippen LogP) is 2.05. The summed E-state index contributed by atoms with van der Waals surface area (Å²) in [6, 6.07) is 9.88. The summed E-state index contributed by atoms with van der Waals surface area (Å²) in [5.74, 6) is 0.944. The second-order valence-electron chi connectivity index (χ2n) is 2.96. The highest BCUT2D eigenvalue weighted by molar-refractivity contribution is 5.85. The van der Waals surface area contributed by atoms with Crippen molar-refractivity contribution in [3.8, 4) is 5.75 Å². The molecule has 0 N–H and O–H groups in total. The Labute approximate surface area is 85.9 Å². The molecule has 0 bridgehead atoms. The van der Waals surface area contributed by atoms with Crippen molar-refractivity contribution in [1.82, 2.24) is 4.90 Å². The maximum absolute atomic E-state index is 5.48. The molecule has 3 heteroatoms. The lowest BCUT2D eigenvalue weighted by molar-refractivity contribution is 0.261. The Bertz CT molecular complexity index is 213. The van der Waals surface area contributed by atoms with Crippen molar-refractivity contribution >= 4 is 12.4 Å². The molecular weight excluding hydrogens is 186 g/mol. The summed E-state index contributed by atoms with van der Waals surface area (Å²) in [5.41, 5.74) is 0. The number of halogens is 1. The smallest absolute Gasteiger partial charge is 0.119 e. The van der Waals surface area contributed by atoms with Crippen molar-refractivity contribution in [3.63, 3.8) is 0 Å². The van der Waals surface area contributed by atoms with Crippen molar-refractivity contribution < 1.29 is 4.74 Å². The molecule has 1 aromatic rings. The van der Waals surface area contributed by atoms with E-state index in [2.05, 4.69) is 4.90 Å². The number of hydrogen-bond donors (Lipinski definition) is 0. The van der Waals surface area contributed by atoms with Gasteiger partial charge < -0.3 is 9.64 Å². The number of hydrogen-bond acceptors (Lipinski definition) is 2. The van der Waals surface area contributed by atoms with Crippen molar-refractivity contribution in [2.24, 2.45) is 0 Å². The molecular formula is C10H16ClNO. The van der Waals surface area contributed by atoms with Gasteiger partial charge in [-0.05, 0) is 26.2 Å². The Balaban J connectivity index is 0.00000144. The third-order valence-corrected chi connectivity index (χ3v) is 1.55. The van der Waals surface area contributed by atoms with Crippen LogP contribution in [0.4, 0.5) is 0 Å². The van der Waals surface area contributed by atoms with E-state index in [1.807, 2.05) is 44.4 Å². The first kappa shape index (κ1) is 12.3. The van der Waals surface area contributed by atoms with Gasteiger partial charge in [0.15, 0.2) is 0 Å². The summed E-state index contributed by atoms with van der Waals surface area (Å²) in [7, 11) is 4.07. The Morgan fingerprint density at radius 3 is 2.31 bits per heavy atom. The summed E-state index contributed by atoms with van der Waals surface area (Å²) in [6.45, 7) is 1.70. The minimum Gasteiger partial charge on any atom is -0.492 e. The van der Waals surface area contributed by atoms with Crippen molar-refractivity contribution in [3.05, 3.63) is 30.3 Å². The highest BCUT2D eigenvalue weighted by atomic mass is 35.5. The Kier molecular flexibility index (Phi) is 6.37. The first-order valence-electron chi connectivity index (χ1n) is 4.11. The second kappa shape index (κ2) is 6.75. The van der Waals surface area contributed by atoms with E-state index in [1.165, 1.54) is 0 Å². The van der Waals surface area contributed by atoms with Gasteiger partial charge in [0.2, 0.25) is 0 Å². The molecule has 0 aliphatic rings. The number of ether oxygens (including phenoxy) is 1. The molecule has 13 heavy (non-hydrogen) atoms. The maximum atomic E-state index is 5.48. The van der Waals surface area contributed by atoms with Gasteiger partial charge in [-0.2, -0.15) is 0 Å². The van der Waals surface area contributed by atoms with Gasteiger partial charge in [0, 0.05) is 6.54 Å². The lowest BCUT2D eigenvalue weighted by Gasteiger charge is -2.10. The molecule has 0 fully saturated rings. The van der Waals surface area contributed by atoms with Crippen LogP contribution in [-0.2, 0) is 0 Å². The van der Waals surface area contributed by atoms with Gasteiger partial charge in [-0.25, -0.2) is 0 Å². The van der Waals surface area contributed by atoms with E-state index in [4.69, 9.17) is 4.74 Å². The molecule has 0 aliphatic heterocycles. The number of likely N-dealkylation sites (N-methyl/N-ethyl adjacent to an activating group) is 1. The average Bonchev–Trinajstić information content (AvgIpc) is 2.05. The van der Waals surface area contributed by atoms with Crippen LogP contribution in [0.5, 0.6) is 5.75 Å². The van der Waals surface area contributed by atoms with Gasteiger partial charge in [0.25, 0.3) is 0 Å². The second-order valence-corrected chi connectivity index (χ2v) is 2.96. The van der Waals surface area contributed by atoms with Crippen LogP contribution < -0.4 is 4.74 Å². The van der Waals surface area contributed by atoms with E-state index < -0.39 is 0 Å². The molecule has 0 heterocycles. The van der Waals surface area contributed by atoms with Crippen LogP contribution in [0.2, 0.25) is 0 Å². The minimum absolute atomic E-state index is 0. The Morgan fingerprint density at radius 2 is 1.77 bits per heavy atom. The van der Waals surface area contributed by atoms with Gasteiger partial charge in [-0.3, -0.25) is 0 Å². The molecule has 2 nitrogen and oxygen atoms in total. The summed E-state index contributed by atoms with van der Waals surface area (Å²) in [4.78, 5) is 2.10. The Hall–Kier alpha value is -0.730. The van der Waals surface area contributed by atoms with E-state index in [9.17, 15) is 0 Å². The van der Waals surface area contributed by atoms with Crippen LogP contribution in [0.25, 0.3) is 0 Å². The quantitative estimate of drug-likeness (QED) is 0.740.